The number of carbonyl (C=O) groups excluding carboxylic acids is 3. The number of amides is 3. The van der Waals surface area contributed by atoms with Gasteiger partial charge >= 0.3 is 0 Å². The van der Waals surface area contributed by atoms with Crippen LogP contribution in [0.25, 0.3) is 0 Å². The van der Waals surface area contributed by atoms with Crippen molar-refractivity contribution in [3.05, 3.63) is 90.0 Å². The molecule has 0 aliphatic rings. The summed E-state index contributed by atoms with van der Waals surface area (Å²) in [6.45, 7) is 3.75. The van der Waals surface area contributed by atoms with Crippen LogP contribution in [-0.4, -0.2) is 30.9 Å². The number of hydrogen-bond donors (Lipinski definition) is 3. The quantitative estimate of drug-likeness (QED) is 0.445. The highest BCUT2D eigenvalue weighted by Gasteiger charge is 2.24. The van der Waals surface area contributed by atoms with E-state index in [-0.39, 0.29) is 30.1 Å². The molecule has 3 aromatic rings. The molecule has 0 saturated carbocycles. The first-order chi connectivity index (χ1) is 16.4. The molecule has 3 amide bonds. The lowest BCUT2D eigenvalue weighted by Gasteiger charge is -2.22. The number of nitrogens with one attached hydrogen (secondary N) is 3. The fraction of sp³-hybridized carbons (Fsp3) is 0.222. The summed E-state index contributed by atoms with van der Waals surface area (Å²) < 4.78 is 5.26. The third-order valence-electron chi connectivity index (χ3n) is 5.24. The monoisotopic (exact) mass is 459 g/mol. The van der Waals surface area contributed by atoms with Gasteiger partial charge in [0.25, 0.3) is 5.91 Å². The molecule has 0 aliphatic heterocycles. The molecule has 0 spiro atoms. The molecule has 0 radical (unpaired) electrons. The van der Waals surface area contributed by atoms with Gasteiger partial charge < -0.3 is 20.7 Å². The fourth-order valence-electron chi connectivity index (χ4n) is 3.41. The lowest BCUT2D eigenvalue weighted by Crippen LogP contribution is -2.47. The fourth-order valence-corrected chi connectivity index (χ4v) is 3.41. The Morgan fingerprint density at radius 1 is 0.824 bits per heavy atom. The Hall–Kier alpha value is -4.13. The second kappa shape index (κ2) is 11.7. The molecular weight excluding hydrogens is 430 g/mol. The van der Waals surface area contributed by atoms with Gasteiger partial charge in [-0.2, -0.15) is 0 Å². The highest BCUT2D eigenvalue weighted by atomic mass is 16.5. The Morgan fingerprint density at radius 2 is 1.47 bits per heavy atom. The zero-order valence-corrected chi connectivity index (χ0v) is 19.5. The van der Waals surface area contributed by atoms with Crippen molar-refractivity contribution in [1.29, 1.82) is 0 Å². The SMILES string of the molecule is COc1ccccc1NC(=O)c1ccc(NC(=O)[C@@H](NC(=O)Cc2ccccc2)C(C)C)cc1. The van der Waals surface area contributed by atoms with Crippen molar-refractivity contribution >= 4 is 29.1 Å². The van der Waals surface area contributed by atoms with E-state index in [2.05, 4.69) is 16.0 Å². The third-order valence-corrected chi connectivity index (χ3v) is 5.24. The summed E-state index contributed by atoms with van der Waals surface area (Å²) in [5.74, 6) is -0.374. The average molecular weight is 460 g/mol. The Balaban J connectivity index is 1.60. The van der Waals surface area contributed by atoms with Crippen molar-refractivity contribution in [3.8, 4) is 5.75 Å². The molecule has 0 unspecified atom stereocenters. The van der Waals surface area contributed by atoms with Gasteiger partial charge in [-0.05, 0) is 47.9 Å². The van der Waals surface area contributed by atoms with Gasteiger partial charge in [-0.1, -0.05) is 56.3 Å². The number of benzene rings is 3. The smallest absolute Gasteiger partial charge is 0.255 e. The van der Waals surface area contributed by atoms with Crippen molar-refractivity contribution in [2.45, 2.75) is 26.3 Å². The maximum absolute atomic E-state index is 12.9. The lowest BCUT2D eigenvalue weighted by atomic mass is 10.0. The van der Waals surface area contributed by atoms with E-state index in [1.807, 2.05) is 50.2 Å². The van der Waals surface area contributed by atoms with Crippen LogP contribution in [0.5, 0.6) is 5.75 Å². The zero-order chi connectivity index (χ0) is 24.5. The van der Waals surface area contributed by atoms with Crippen LogP contribution < -0.4 is 20.7 Å². The molecule has 7 heteroatoms. The van der Waals surface area contributed by atoms with E-state index in [1.54, 1.807) is 42.5 Å². The van der Waals surface area contributed by atoms with Crippen LogP contribution in [0.15, 0.2) is 78.9 Å². The van der Waals surface area contributed by atoms with Gasteiger partial charge in [0.05, 0.1) is 19.2 Å². The van der Waals surface area contributed by atoms with Crippen molar-refractivity contribution in [2.24, 2.45) is 5.92 Å². The Labute approximate surface area is 199 Å². The summed E-state index contributed by atoms with van der Waals surface area (Å²) in [5, 5.41) is 8.46. The van der Waals surface area contributed by atoms with Crippen LogP contribution in [0, 0.1) is 5.92 Å². The van der Waals surface area contributed by atoms with Crippen molar-refractivity contribution in [1.82, 2.24) is 5.32 Å². The van der Waals surface area contributed by atoms with Crippen LogP contribution in [-0.2, 0) is 16.0 Å². The van der Waals surface area contributed by atoms with Gasteiger partial charge in [-0.3, -0.25) is 14.4 Å². The molecule has 3 aromatic carbocycles. The molecule has 34 heavy (non-hydrogen) atoms. The molecule has 0 saturated heterocycles. The number of methoxy groups -OCH3 is 1. The van der Waals surface area contributed by atoms with E-state index in [0.717, 1.165) is 5.56 Å². The van der Waals surface area contributed by atoms with E-state index >= 15 is 0 Å². The van der Waals surface area contributed by atoms with E-state index in [1.165, 1.54) is 7.11 Å². The summed E-state index contributed by atoms with van der Waals surface area (Å²) in [5.41, 5.74) is 2.41. The Kier molecular flexibility index (Phi) is 8.40. The minimum Gasteiger partial charge on any atom is -0.495 e. The minimum atomic E-state index is -0.690. The van der Waals surface area contributed by atoms with Crippen LogP contribution in [0.2, 0.25) is 0 Å². The highest BCUT2D eigenvalue weighted by molar-refractivity contribution is 6.05. The van der Waals surface area contributed by atoms with E-state index in [9.17, 15) is 14.4 Å². The Morgan fingerprint density at radius 3 is 2.12 bits per heavy atom. The van der Waals surface area contributed by atoms with Gasteiger partial charge in [0, 0.05) is 11.3 Å². The summed E-state index contributed by atoms with van der Waals surface area (Å²) >= 11 is 0. The molecule has 0 aromatic heterocycles. The standard InChI is InChI=1S/C27H29N3O4/c1-18(2)25(30-24(31)17-19-9-5-4-6-10-19)27(33)28-21-15-13-20(14-16-21)26(32)29-22-11-7-8-12-23(22)34-3/h4-16,18,25H,17H2,1-3H3,(H,28,33)(H,29,32)(H,30,31)/t25-/m0/s1. The molecular formula is C27H29N3O4. The summed E-state index contributed by atoms with van der Waals surface area (Å²) in [6.07, 6.45) is 0.202. The first kappa shape index (κ1) is 24.5. The van der Waals surface area contributed by atoms with Crippen LogP contribution in [0.1, 0.15) is 29.8 Å². The Bertz CT molecular complexity index is 1130. The van der Waals surface area contributed by atoms with Gasteiger partial charge in [-0.15, -0.1) is 0 Å². The second-order valence-electron chi connectivity index (χ2n) is 8.17. The number of rotatable bonds is 9. The number of carbonyl (C=O) groups is 3. The predicted octanol–water partition coefficient (Wildman–Crippen LogP) is 4.27. The average Bonchev–Trinajstić information content (AvgIpc) is 2.83. The third kappa shape index (κ3) is 6.68. The first-order valence-corrected chi connectivity index (χ1v) is 11.1. The van der Waals surface area contributed by atoms with Gasteiger partial charge in [0.1, 0.15) is 11.8 Å². The molecule has 7 nitrogen and oxygen atoms in total. The number of ether oxygens (including phenoxy) is 1. The van der Waals surface area contributed by atoms with Crippen molar-refractivity contribution < 1.29 is 19.1 Å². The van der Waals surface area contributed by atoms with Crippen molar-refractivity contribution in [2.75, 3.05) is 17.7 Å². The predicted molar refractivity (Wildman–Crippen MR) is 133 cm³/mol. The molecule has 0 heterocycles. The van der Waals surface area contributed by atoms with E-state index in [0.29, 0.717) is 22.7 Å². The summed E-state index contributed by atoms with van der Waals surface area (Å²) in [6, 6.07) is 22.4. The first-order valence-electron chi connectivity index (χ1n) is 11.1. The van der Waals surface area contributed by atoms with Gasteiger partial charge in [0.15, 0.2) is 0 Å². The molecule has 176 valence electrons. The number of hydrogen-bond acceptors (Lipinski definition) is 4. The minimum absolute atomic E-state index is 0.106. The normalized spacial score (nSPS) is 11.4. The lowest BCUT2D eigenvalue weighted by molar-refractivity contribution is -0.127. The van der Waals surface area contributed by atoms with Crippen LogP contribution in [0.4, 0.5) is 11.4 Å². The van der Waals surface area contributed by atoms with Crippen LogP contribution in [0.3, 0.4) is 0 Å². The van der Waals surface area contributed by atoms with Gasteiger partial charge in [0.2, 0.25) is 11.8 Å². The maximum Gasteiger partial charge on any atom is 0.255 e. The molecule has 0 bridgehead atoms. The van der Waals surface area contributed by atoms with E-state index in [4.69, 9.17) is 4.74 Å². The maximum atomic E-state index is 12.9. The molecule has 1 atom stereocenters. The van der Waals surface area contributed by atoms with Crippen LogP contribution >= 0.6 is 0 Å². The second-order valence-corrected chi connectivity index (χ2v) is 8.17. The molecule has 0 aliphatic carbocycles. The molecule has 3 N–H and O–H groups in total. The number of anilines is 2. The number of para-hydroxylation sites is 2. The van der Waals surface area contributed by atoms with E-state index < -0.39 is 6.04 Å². The summed E-state index contributed by atoms with van der Waals surface area (Å²) in [7, 11) is 1.54. The topological polar surface area (TPSA) is 96.5 Å². The zero-order valence-electron chi connectivity index (χ0n) is 19.5. The highest BCUT2D eigenvalue weighted by Crippen LogP contribution is 2.24. The largest absolute Gasteiger partial charge is 0.495 e. The molecule has 0 fully saturated rings. The molecule has 3 rings (SSSR count). The summed E-state index contributed by atoms with van der Waals surface area (Å²) in [4.78, 5) is 37.9. The van der Waals surface area contributed by atoms with Gasteiger partial charge in [-0.25, -0.2) is 0 Å². The van der Waals surface area contributed by atoms with Crippen molar-refractivity contribution in [3.63, 3.8) is 0 Å².